The van der Waals surface area contributed by atoms with E-state index >= 15 is 0 Å². The first-order valence-electron chi connectivity index (χ1n) is 9.65. The molecular formula is C23H28ClNO. The number of unbranched alkanes of at least 4 members (excludes halogenated alkanes) is 1. The number of hydrogen-bond donors (Lipinski definition) is 0. The summed E-state index contributed by atoms with van der Waals surface area (Å²) in [6, 6.07) is 17.0. The molecule has 0 bridgehead atoms. The number of nitrogens with zero attached hydrogens (tertiary/aromatic N) is 1. The van der Waals surface area contributed by atoms with E-state index in [1.807, 2.05) is 24.3 Å². The van der Waals surface area contributed by atoms with Crippen LogP contribution in [0, 0.1) is 0 Å². The quantitative estimate of drug-likeness (QED) is 0.444. The lowest BCUT2D eigenvalue weighted by atomic mass is 9.75. The lowest BCUT2D eigenvalue weighted by molar-refractivity contribution is -0.115. The van der Waals surface area contributed by atoms with Crippen molar-refractivity contribution in [1.29, 1.82) is 0 Å². The Kier molecular flexibility index (Phi) is 5.84. The minimum Gasteiger partial charge on any atom is -0.301 e. The third-order valence-electron chi connectivity index (χ3n) is 5.78. The summed E-state index contributed by atoms with van der Waals surface area (Å²) in [5.41, 5.74) is 3.72. The van der Waals surface area contributed by atoms with Crippen LogP contribution in [-0.4, -0.2) is 29.3 Å². The molecule has 0 aliphatic heterocycles. The predicted octanol–water partition coefficient (Wildman–Crippen LogP) is 5.62. The number of hydrogen-bond acceptors (Lipinski definition) is 2. The van der Waals surface area contributed by atoms with Crippen LogP contribution in [0.2, 0.25) is 0 Å². The van der Waals surface area contributed by atoms with Crippen molar-refractivity contribution in [3.63, 3.8) is 0 Å². The number of halogens is 1. The molecule has 0 spiro atoms. The minimum atomic E-state index is -0.705. The van der Waals surface area contributed by atoms with Gasteiger partial charge in [0.25, 0.3) is 0 Å². The molecule has 0 fully saturated rings. The lowest BCUT2D eigenvalue weighted by Gasteiger charge is -2.29. The first-order chi connectivity index (χ1) is 12.5. The molecule has 0 saturated carbocycles. The van der Waals surface area contributed by atoms with Gasteiger partial charge in [0.2, 0.25) is 5.24 Å². The number of rotatable bonds is 8. The van der Waals surface area contributed by atoms with Crippen molar-refractivity contribution in [2.75, 3.05) is 13.1 Å². The highest BCUT2D eigenvalue weighted by atomic mass is 35.5. The number of fused-ring (bicyclic) bond motifs is 3. The summed E-state index contributed by atoms with van der Waals surface area (Å²) in [6.45, 7) is 8.79. The van der Waals surface area contributed by atoms with Gasteiger partial charge in [-0.1, -0.05) is 61.9 Å². The van der Waals surface area contributed by atoms with Gasteiger partial charge in [0.15, 0.2) is 0 Å². The Morgan fingerprint density at radius 3 is 2.00 bits per heavy atom. The molecule has 2 nitrogen and oxygen atoms in total. The molecule has 0 N–H and O–H groups in total. The summed E-state index contributed by atoms with van der Waals surface area (Å²) >= 11 is 6.27. The Morgan fingerprint density at radius 2 is 1.54 bits per heavy atom. The van der Waals surface area contributed by atoms with Crippen LogP contribution in [-0.2, 0) is 10.2 Å². The van der Waals surface area contributed by atoms with Gasteiger partial charge in [-0.3, -0.25) is 4.79 Å². The van der Waals surface area contributed by atoms with Crippen LogP contribution in [0.4, 0.5) is 0 Å². The van der Waals surface area contributed by atoms with Gasteiger partial charge in [-0.05, 0) is 73.6 Å². The lowest BCUT2D eigenvalue weighted by Crippen LogP contribution is -2.34. The molecule has 2 aromatic carbocycles. The zero-order chi connectivity index (χ0) is 18.7. The highest BCUT2D eigenvalue weighted by molar-refractivity contribution is 6.66. The highest BCUT2D eigenvalue weighted by Gasteiger charge is 2.47. The maximum atomic E-state index is 12.7. The van der Waals surface area contributed by atoms with Crippen molar-refractivity contribution in [1.82, 2.24) is 4.90 Å². The monoisotopic (exact) mass is 369 g/mol. The van der Waals surface area contributed by atoms with Crippen molar-refractivity contribution in [2.45, 2.75) is 51.5 Å². The summed E-state index contributed by atoms with van der Waals surface area (Å²) in [5, 5.41) is -0.258. The zero-order valence-corrected chi connectivity index (χ0v) is 16.7. The fourth-order valence-corrected chi connectivity index (χ4v) is 4.69. The molecule has 0 heterocycles. The molecule has 0 aromatic heterocycles. The molecule has 0 radical (unpaired) electrons. The summed E-state index contributed by atoms with van der Waals surface area (Å²) in [4.78, 5) is 15.2. The molecule has 1 aliphatic rings. The van der Waals surface area contributed by atoms with Crippen molar-refractivity contribution < 1.29 is 4.79 Å². The van der Waals surface area contributed by atoms with E-state index in [4.69, 9.17) is 11.6 Å². The van der Waals surface area contributed by atoms with Gasteiger partial charge in [0, 0.05) is 6.04 Å². The molecule has 1 aliphatic carbocycles. The molecule has 26 heavy (non-hydrogen) atoms. The molecule has 0 saturated heterocycles. The van der Waals surface area contributed by atoms with E-state index in [-0.39, 0.29) is 5.24 Å². The van der Waals surface area contributed by atoms with Gasteiger partial charge in [0.05, 0.1) is 5.41 Å². The van der Waals surface area contributed by atoms with Crippen molar-refractivity contribution in [3.8, 4) is 11.1 Å². The van der Waals surface area contributed by atoms with Gasteiger partial charge in [-0.2, -0.15) is 0 Å². The second kappa shape index (κ2) is 7.94. The van der Waals surface area contributed by atoms with E-state index in [1.165, 1.54) is 0 Å². The van der Waals surface area contributed by atoms with E-state index < -0.39 is 5.41 Å². The first kappa shape index (κ1) is 19.1. The zero-order valence-electron chi connectivity index (χ0n) is 16.0. The Labute approximate surface area is 162 Å². The second-order valence-corrected chi connectivity index (χ2v) is 7.79. The van der Waals surface area contributed by atoms with Crippen LogP contribution < -0.4 is 0 Å². The fraction of sp³-hybridized carbons (Fsp3) is 0.435. The van der Waals surface area contributed by atoms with Gasteiger partial charge in [0.1, 0.15) is 0 Å². The first-order valence-corrected chi connectivity index (χ1v) is 10.0. The Hall–Kier alpha value is -1.64. The van der Waals surface area contributed by atoms with Crippen LogP contribution in [0.1, 0.15) is 51.2 Å². The van der Waals surface area contributed by atoms with Crippen LogP contribution in [0.15, 0.2) is 48.5 Å². The van der Waals surface area contributed by atoms with Gasteiger partial charge < -0.3 is 4.90 Å². The standard InChI is InChI=1S/C23H28ClNO/c1-4-25(17(2)3)16-10-9-15-23(22(24)26)20-13-7-5-11-18(20)19-12-6-8-14-21(19)23/h5-8,11-14,17H,4,9-10,15-16H2,1-3H3. The Balaban J connectivity index is 1.88. The molecule has 2 aromatic rings. The van der Waals surface area contributed by atoms with E-state index in [0.29, 0.717) is 6.04 Å². The smallest absolute Gasteiger partial charge is 0.236 e. The third kappa shape index (κ3) is 3.21. The summed E-state index contributed by atoms with van der Waals surface area (Å²) in [6.07, 6.45) is 2.81. The van der Waals surface area contributed by atoms with Gasteiger partial charge in [-0.25, -0.2) is 0 Å². The normalized spacial score (nSPS) is 14.5. The van der Waals surface area contributed by atoms with Gasteiger partial charge in [-0.15, -0.1) is 0 Å². The Bertz CT molecular complexity index is 738. The summed E-state index contributed by atoms with van der Waals surface area (Å²) in [7, 11) is 0. The maximum Gasteiger partial charge on any atom is 0.236 e. The average Bonchev–Trinajstić information content (AvgIpc) is 2.93. The van der Waals surface area contributed by atoms with Crippen LogP contribution in [0.25, 0.3) is 11.1 Å². The van der Waals surface area contributed by atoms with E-state index in [0.717, 1.165) is 54.6 Å². The number of carbonyl (C=O) groups is 1. The van der Waals surface area contributed by atoms with Crippen LogP contribution in [0.3, 0.4) is 0 Å². The topological polar surface area (TPSA) is 20.3 Å². The number of benzene rings is 2. The van der Waals surface area contributed by atoms with Crippen LogP contribution >= 0.6 is 11.6 Å². The molecule has 138 valence electrons. The second-order valence-electron chi connectivity index (χ2n) is 7.45. The summed E-state index contributed by atoms with van der Waals surface area (Å²) < 4.78 is 0. The van der Waals surface area contributed by atoms with Crippen molar-refractivity contribution in [3.05, 3.63) is 59.7 Å². The molecule has 3 rings (SSSR count). The summed E-state index contributed by atoms with van der Waals surface area (Å²) in [5.74, 6) is 0. The van der Waals surface area contributed by atoms with E-state index in [1.54, 1.807) is 0 Å². The molecule has 0 atom stereocenters. The molecule has 0 unspecified atom stereocenters. The molecular weight excluding hydrogens is 342 g/mol. The minimum absolute atomic E-state index is 0.258. The average molecular weight is 370 g/mol. The van der Waals surface area contributed by atoms with Crippen molar-refractivity contribution in [2.24, 2.45) is 0 Å². The fourth-order valence-electron chi connectivity index (χ4n) is 4.39. The largest absolute Gasteiger partial charge is 0.301 e. The molecule has 3 heteroatoms. The number of carbonyl (C=O) groups excluding carboxylic acids is 1. The predicted molar refractivity (Wildman–Crippen MR) is 110 cm³/mol. The van der Waals surface area contributed by atoms with E-state index in [9.17, 15) is 4.79 Å². The Morgan fingerprint density at radius 1 is 1.00 bits per heavy atom. The third-order valence-corrected chi connectivity index (χ3v) is 6.11. The SMILES string of the molecule is CCN(CCCCC1(C(=O)Cl)c2ccccc2-c2ccccc21)C(C)C. The van der Waals surface area contributed by atoms with Gasteiger partial charge >= 0.3 is 0 Å². The van der Waals surface area contributed by atoms with Crippen molar-refractivity contribution >= 4 is 16.8 Å². The highest BCUT2D eigenvalue weighted by Crippen LogP contribution is 2.52. The maximum absolute atomic E-state index is 12.7. The molecule has 0 amide bonds. The van der Waals surface area contributed by atoms with E-state index in [2.05, 4.69) is 49.9 Å². The van der Waals surface area contributed by atoms with Crippen LogP contribution in [0.5, 0.6) is 0 Å².